The van der Waals surface area contributed by atoms with Crippen LogP contribution in [-0.4, -0.2) is 7.05 Å². The van der Waals surface area contributed by atoms with Crippen LogP contribution in [-0.2, 0) is 0 Å². The summed E-state index contributed by atoms with van der Waals surface area (Å²) in [6.07, 6.45) is 0. The molecule has 3 rings (SSSR count). The molecule has 0 saturated carbocycles. The Hall–Kier alpha value is -1.41. The van der Waals surface area contributed by atoms with Crippen LogP contribution in [0, 0.1) is 0 Å². The van der Waals surface area contributed by atoms with Gasteiger partial charge in [0.1, 0.15) is 0 Å². The van der Waals surface area contributed by atoms with Gasteiger partial charge >= 0.3 is 0 Å². The molecule has 2 aromatic carbocycles. The van der Waals surface area contributed by atoms with E-state index in [0.717, 1.165) is 0 Å². The fraction of sp³-hybridized carbons (Fsp3) is 0.294. The van der Waals surface area contributed by atoms with E-state index in [1.807, 2.05) is 39.5 Å². The summed E-state index contributed by atoms with van der Waals surface area (Å²) in [5.41, 5.74) is 2.59. The van der Waals surface area contributed by atoms with Crippen LogP contribution in [0.15, 0.2) is 58.3 Å². The van der Waals surface area contributed by atoms with Gasteiger partial charge in [0.05, 0.1) is 11.4 Å². The van der Waals surface area contributed by atoms with Crippen molar-refractivity contribution < 1.29 is 0 Å². The van der Waals surface area contributed by atoms with Crippen LogP contribution in [0.5, 0.6) is 0 Å². The van der Waals surface area contributed by atoms with Gasteiger partial charge in [-0.15, -0.1) is 0 Å². The largest absolute Gasteiger partial charge is 0.343 e. The van der Waals surface area contributed by atoms with Crippen molar-refractivity contribution in [3.8, 4) is 0 Å². The molecule has 1 aliphatic heterocycles. The predicted octanol–water partition coefficient (Wildman–Crippen LogP) is 5.97. The number of benzene rings is 2. The van der Waals surface area contributed by atoms with E-state index in [0.29, 0.717) is 0 Å². The van der Waals surface area contributed by atoms with E-state index in [4.69, 9.17) is 0 Å². The lowest BCUT2D eigenvalue weighted by molar-refractivity contribution is 1.11. The molecule has 0 aromatic heterocycles. The summed E-state index contributed by atoms with van der Waals surface area (Å²) in [6.45, 7) is 8.00. The summed E-state index contributed by atoms with van der Waals surface area (Å²) in [4.78, 5) is 4.92. The lowest BCUT2D eigenvalue weighted by Crippen LogP contribution is -2.14. The van der Waals surface area contributed by atoms with Crippen molar-refractivity contribution in [2.75, 3.05) is 11.9 Å². The molecule has 2 heteroatoms. The first-order valence-corrected chi connectivity index (χ1v) is 7.77. The number of para-hydroxylation sites is 2. The summed E-state index contributed by atoms with van der Waals surface area (Å²) in [5.74, 6) is 0. The van der Waals surface area contributed by atoms with Crippen molar-refractivity contribution in [1.82, 2.24) is 0 Å². The third-order valence-electron chi connectivity index (χ3n) is 2.67. The van der Waals surface area contributed by atoms with Crippen LogP contribution in [0.2, 0.25) is 0 Å². The van der Waals surface area contributed by atoms with Crippen LogP contribution in [0.25, 0.3) is 0 Å². The maximum absolute atomic E-state index is 2.25. The summed E-state index contributed by atoms with van der Waals surface area (Å²) >= 11 is 1.84. The Bertz CT molecular complexity index is 463. The monoisotopic (exact) mass is 273 g/mol. The molecule has 0 spiro atoms. The molecule has 0 saturated heterocycles. The molecule has 0 unspecified atom stereocenters. The lowest BCUT2D eigenvalue weighted by atomic mass is 10.2. The minimum absolute atomic E-state index is 1.29. The van der Waals surface area contributed by atoms with E-state index >= 15 is 0 Å². The van der Waals surface area contributed by atoms with Crippen LogP contribution < -0.4 is 4.90 Å². The number of nitrogens with zero attached hydrogens (tertiary/aromatic N) is 1. The van der Waals surface area contributed by atoms with E-state index in [1.165, 1.54) is 21.2 Å². The Morgan fingerprint density at radius 1 is 0.684 bits per heavy atom. The van der Waals surface area contributed by atoms with Gasteiger partial charge < -0.3 is 4.90 Å². The molecule has 1 aliphatic rings. The Morgan fingerprint density at radius 2 is 1.05 bits per heavy atom. The zero-order chi connectivity index (χ0) is 14.3. The molecule has 0 radical (unpaired) electrons. The summed E-state index contributed by atoms with van der Waals surface area (Å²) in [6, 6.07) is 17.0. The van der Waals surface area contributed by atoms with Crippen molar-refractivity contribution in [2.45, 2.75) is 37.5 Å². The van der Waals surface area contributed by atoms with Crippen molar-refractivity contribution in [3.05, 3.63) is 48.5 Å². The van der Waals surface area contributed by atoms with Crippen molar-refractivity contribution in [1.29, 1.82) is 0 Å². The SMILES string of the molecule is CC.CC.CN1c2ccccc2Sc2ccccc21. The van der Waals surface area contributed by atoms with Gasteiger partial charge in [0.15, 0.2) is 0 Å². The fourth-order valence-corrected chi connectivity index (χ4v) is 3.04. The molecule has 0 atom stereocenters. The average Bonchev–Trinajstić information content (AvgIpc) is 2.52. The van der Waals surface area contributed by atoms with Crippen LogP contribution in [0.4, 0.5) is 11.4 Å². The Labute approximate surface area is 121 Å². The molecule has 0 bridgehead atoms. The van der Waals surface area contributed by atoms with E-state index < -0.39 is 0 Å². The second-order valence-electron chi connectivity index (χ2n) is 3.60. The van der Waals surface area contributed by atoms with Crippen LogP contribution >= 0.6 is 11.8 Å². The highest BCUT2D eigenvalue weighted by molar-refractivity contribution is 7.99. The zero-order valence-corrected chi connectivity index (χ0v) is 13.3. The van der Waals surface area contributed by atoms with Gasteiger partial charge in [0.25, 0.3) is 0 Å². The van der Waals surface area contributed by atoms with Crippen molar-refractivity contribution in [2.24, 2.45) is 0 Å². The minimum Gasteiger partial charge on any atom is -0.343 e. The highest BCUT2D eigenvalue weighted by Crippen LogP contribution is 2.46. The third kappa shape index (κ3) is 3.32. The zero-order valence-electron chi connectivity index (χ0n) is 12.5. The predicted molar refractivity (Wildman–Crippen MR) is 87.8 cm³/mol. The quantitative estimate of drug-likeness (QED) is 0.581. The Morgan fingerprint density at radius 3 is 1.47 bits per heavy atom. The van der Waals surface area contributed by atoms with Gasteiger partial charge in [0, 0.05) is 16.8 Å². The second kappa shape index (κ2) is 7.90. The molecule has 102 valence electrons. The van der Waals surface area contributed by atoms with Gasteiger partial charge in [-0.25, -0.2) is 0 Å². The molecule has 1 nitrogen and oxygen atoms in total. The normalized spacial score (nSPS) is 11.1. The molecule has 19 heavy (non-hydrogen) atoms. The van der Waals surface area contributed by atoms with E-state index in [2.05, 4.69) is 60.5 Å². The molecule has 0 fully saturated rings. The van der Waals surface area contributed by atoms with Crippen LogP contribution in [0.3, 0.4) is 0 Å². The third-order valence-corrected chi connectivity index (χ3v) is 3.80. The summed E-state index contributed by atoms with van der Waals surface area (Å²) < 4.78 is 0. The van der Waals surface area contributed by atoms with Gasteiger partial charge in [-0.1, -0.05) is 63.7 Å². The second-order valence-corrected chi connectivity index (χ2v) is 4.68. The van der Waals surface area contributed by atoms with Gasteiger partial charge in [-0.3, -0.25) is 0 Å². The number of fused-ring (bicyclic) bond motifs is 2. The topological polar surface area (TPSA) is 3.24 Å². The first-order valence-electron chi connectivity index (χ1n) is 6.96. The maximum atomic E-state index is 2.25. The van der Waals surface area contributed by atoms with E-state index in [9.17, 15) is 0 Å². The molecule has 1 heterocycles. The van der Waals surface area contributed by atoms with E-state index in [-0.39, 0.29) is 0 Å². The average molecular weight is 273 g/mol. The minimum atomic E-state index is 1.29. The van der Waals surface area contributed by atoms with Gasteiger partial charge in [-0.2, -0.15) is 0 Å². The van der Waals surface area contributed by atoms with Gasteiger partial charge in [-0.05, 0) is 24.3 Å². The van der Waals surface area contributed by atoms with Gasteiger partial charge in [0.2, 0.25) is 0 Å². The number of rotatable bonds is 0. The molecule has 0 N–H and O–H groups in total. The summed E-state index contributed by atoms with van der Waals surface area (Å²) in [5, 5.41) is 0. The number of hydrogen-bond acceptors (Lipinski definition) is 2. The van der Waals surface area contributed by atoms with Crippen molar-refractivity contribution >= 4 is 23.1 Å². The molecule has 0 aliphatic carbocycles. The highest BCUT2D eigenvalue weighted by Gasteiger charge is 2.18. The number of hydrogen-bond donors (Lipinski definition) is 0. The smallest absolute Gasteiger partial charge is 0.0550 e. The Balaban J connectivity index is 0.000000415. The first kappa shape index (κ1) is 15.6. The molecule has 2 aromatic rings. The maximum Gasteiger partial charge on any atom is 0.0550 e. The van der Waals surface area contributed by atoms with Crippen molar-refractivity contribution in [3.63, 3.8) is 0 Å². The first-order chi connectivity index (χ1) is 9.36. The molecular formula is C17H23NS. The highest BCUT2D eigenvalue weighted by atomic mass is 32.2. The Kier molecular flexibility index (Phi) is 6.51. The lowest BCUT2D eigenvalue weighted by Gasteiger charge is -2.29. The van der Waals surface area contributed by atoms with Crippen LogP contribution in [0.1, 0.15) is 27.7 Å². The molecular weight excluding hydrogens is 250 g/mol. The number of anilines is 2. The summed E-state index contributed by atoms with van der Waals surface area (Å²) in [7, 11) is 2.12. The van der Waals surface area contributed by atoms with E-state index in [1.54, 1.807) is 0 Å². The standard InChI is InChI=1S/C13H11NS.2C2H6/c1-14-10-6-2-4-8-12(10)15-13-9-5-3-7-11(13)14;2*1-2/h2-9H,1H3;2*1-2H3. The molecule has 0 amide bonds. The fourth-order valence-electron chi connectivity index (χ4n) is 1.89.